The molecule has 118 valence electrons. The van der Waals surface area contributed by atoms with Crippen LogP contribution in [0.4, 0.5) is 5.69 Å². The number of nitrogens with one attached hydrogen (secondary N) is 1. The summed E-state index contributed by atoms with van der Waals surface area (Å²) in [5, 5.41) is 3.47. The molecule has 23 heavy (non-hydrogen) atoms. The molecule has 0 aromatic heterocycles. The Morgan fingerprint density at radius 3 is 2.57 bits per heavy atom. The molecular formula is C19H19NO3. The van der Waals surface area contributed by atoms with Crippen molar-refractivity contribution < 1.29 is 14.3 Å². The molecule has 2 aromatic carbocycles. The van der Waals surface area contributed by atoms with Crippen LogP contribution in [0.15, 0.2) is 36.4 Å². The molecule has 0 amide bonds. The number of fused-ring (bicyclic) bond motifs is 3. The van der Waals surface area contributed by atoms with Crippen LogP contribution in [0.1, 0.15) is 28.4 Å². The van der Waals surface area contributed by atoms with Crippen LogP contribution in [0.3, 0.4) is 0 Å². The number of anilines is 1. The van der Waals surface area contributed by atoms with Crippen molar-refractivity contribution in [3.63, 3.8) is 0 Å². The fourth-order valence-electron chi connectivity index (χ4n) is 4.05. The van der Waals surface area contributed by atoms with Gasteiger partial charge < -0.3 is 14.8 Å². The number of ether oxygens (including phenoxy) is 2. The predicted octanol–water partition coefficient (Wildman–Crippen LogP) is 3.19. The van der Waals surface area contributed by atoms with E-state index in [2.05, 4.69) is 18.3 Å². The zero-order valence-electron chi connectivity index (χ0n) is 13.5. The maximum absolute atomic E-state index is 13.3. The van der Waals surface area contributed by atoms with Crippen LogP contribution in [0, 0.1) is 0 Å². The van der Waals surface area contributed by atoms with Gasteiger partial charge in [0.25, 0.3) is 0 Å². The summed E-state index contributed by atoms with van der Waals surface area (Å²) in [7, 11) is 3.21. The van der Waals surface area contributed by atoms with Gasteiger partial charge >= 0.3 is 0 Å². The van der Waals surface area contributed by atoms with Crippen molar-refractivity contribution in [1.82, 2.24) is 0 Å². The Bertz CT molecular complexity index is 814. The number of carbonyl (C=O) groups excluding carboxylic acids is 1. The van der Waals surface area contributed by atoms with Crippen LogP contribution >= 0.6 is 0 Å². The number of rotatable bonds is 2. The molecule has 0 saturated heterocycles. The third kappa shape index (κ3) is 1.69. The van der Waals surface area contributed by atoms with Crippen LogP contribution < -0.4 is 14.8 Å². The van der Waals surface area contributed by atoms with Crippen LogP contribution in [0.5, 0.6) is 11.5 Å². The molecular weight excluding hydrogens is 290 g/mol. The highest BCUT2D eigenvalue weighted by Gasteiger charge is 2.55. The Labute approximate surface area is 135 Å². The first-order valence-corrected chi connectivity index (χ1v) is 7.77. The number of methoxy groups -OCH3 is 2. The summed E-state index contributed by atoms with van der Waals surface area (Å²) in [6.45, 7) is 2.08. The van der Waals surface area contributed by atoms with Crippen molar-refractivity contribution in [2.24, 2.45) is 0 Å². The number of carbonyl (C=O) groups is 1. The molecule has 4 nitrogen and oxygen atoms in total. The third-order valence-corrected chi connectivity index (χ3v) is 5.25. The van der Waals surface area contributed by atoms with Crippen LogP contribution in [0.25, 0.3) is 0 Å². The molecule has 1 spiro atoms. The summed E-state index contributed by atoms with van der Waals surface area (Å²) in [5.41, 5.74) is 3.38. The average molecular weight is 309 g/mol. The monoisotopic (exact) mass is 309 g/mol. The molecule has 2 atom stereocenters. The Hall–Kier alpha value is -2.49. The number of ketones is 1. The molecule has 0 radical (unpaired) electrons. The molecule has 0 fully saturated rings. The van der Waals surface area contributed by atoms with Crippen molar-refractivity contribution >= 4 is 11.5 Å². The summed E-state index contributed by atoms with van der Waals surface area (Å²) >= 11 is 0. The van der Waals surface area contributed by atoms with Gasteiger partial charge in [-0.15, -0.1) is 0 Å². The largest absolute Gasteiger partial charge is 0.493 e. The minimum Gasteiger partial charge on any atom is -0.493 e. The number of hydrogen-bond acceptors (Lipinski definition) is 4. The van der Waals surface area contributed by atoms with E-state index < -0.39 is 5.41 Å². The third-order valence-electron chi connectivity index (χ3n) is 5.25. The number of hydrogen-bond donors (Lipinski definition) is 1. The van der Waals surface area contributed by atoms with Gasteiger partial charge in [0.1, 0.15) is 0 Å². The zero-order valence-corrected chi connectivity index (χ0v) is 13.5. The molecule has 1 heterocycles. The molecule has 1 N–H and O–H groups in total. The van der Waals surface area contributed by atoms with E-state index in [1.54, 1.807) is 14.2 Å². The highest BCUT2D eigenvalue weighted by Crippen LogP contribution is 2.51. The second-order valence-corrected chi connectivity index (χ2v) is 6.25. The normalized spacial score (nSPS) is 24.3. The molecule has 0 bridgehead atoms. The summed E-state index contributed by atoms with van der Waals surface area (Å²) in [6, 6.07) is 11.9. The summed E-state index contributed by atoms with van der Waals surface area (Å²) in [4.78, 5) is 13.3. The highest BCUT2D eigenvalue weighted by atomic mass is 16.5. The topological polar surface area (TPSA) is 47.6 Å². The molecule has 0 saturated carbocycles. The Morgan fingerprint density at radius 1 is 1.13 bits per heavy atom. The first-order chi connectivity index (χ1) is 11.1. The first-order valence-electron chi connectivity index (χ1n) is 7.77. The lowest BCUT2D eigenvalue weighted by molar-refractivity contribution is 0.0896. The van der Waals surface area contributed by atoms with Gasteiger partial charge in [-0.25, -0.2) is 0 Å². The van der Waals surface area contributed by atoms with Gasteiger partial charge in [0.15, 0.2) is 17.3 Å². The van der Waals surface area contributed by atoms with E-state index in [0.717, 1.165) is 22.4 Å². The van der Waals surface area contributed by atoms with E-state index in [4.69, 9.17) is 9.47 Å². The highest BCUT2D eigenvalue weighted by molar-refractivity contribution is 6.11. The van der Waals surface area contributed by atoms with Gasteiger partial charge in [-0.1, -0.05) is 18.2 Å². The first kappa shape index (κ1) is 14.1. The fraction of sp³-hybridized carbons (Fsp3) is 0.316. The molecule has 0 unspecified atom stereocenters. The lowest BCUT2D eigenvalue weighted by Crippen LogP contribution is -2.42. The van der Waals surface area contributed by atoms with E-state index in [0.29, 0.717) is 17.9 Å². The van der Waals surface area contributed by atoms with Crippen LogP contribution in [-0.2, 0) is 11.8 Å². The van der Waals surface area contributed by atoms with Gasteiger partial charge in [0.2, 0.25) is 0 Å². The van der Waals surface area contributed by atoms with E-state index >= 15 is 0 Å². The lowest BCUT2D eigenvalue weighted by Gasteiger charge is -2.27. The van der Waals surface area contributed by atoms with Gasteiger partial charge in [-0.3, -0.25) is 4.79 Å². The zero-order chi connectivity index (χ0) is 16.2. The molecule has 4 heteroatoms. The smallest absolute Gasteiger partial charge is 0.176 e. The fourth-order valence-corrected chi connectivity index (χ4v) is 4.05. The maximum Gasteiger partial charge on any atom is 0.176 e. The minimum absolute atomic E-state index is 0.0526. The van der Waals surface area contributed by atoms with Crippen molar-refractivity contribution in [1.29, 1.82) is 0 Å². The Kier molecular flexibility index (Phi) is 2.92. The van der Waals surface area contributed by atoms with Crippen molar-refractivity contribution in [3.05, 3.63) is 53.1 Å². The molecule has 1 aliphatic heterocycles. The summed E-state index contributed by atoms with van der Waals surface area (Å²) < 4.78 is 10.8. The lowest BCUT2D eigenvalue weighted by atomic mass is 9.74. The van der Waals surface area contributed by atoms with Gasteiger partial charge in [-0.2, -0.15) is 0 Å². The molecule has 1 aliphatic carbocycles. The van der Waals surface area contributed by atoms with Crippen molar-refractivity contribution in [2.75, 3.05) is 19.5 Å². The predicted molar refractivity (Wildman–Crippen MR) is 88.8 cm³/mol. The quantitative estimate of drug-likeness (QED) is 0.925. The van der Waals surface area contributed by atoms with Crippen molar-refractivity contribution in [3.8, 4) is 11.5 Å². The maximum atomic E-state index is 13.3. The average Bonchev–Trinajstić information content (AvgIpc) is 3.02. The number of benzene rings is 2. The van der Waals surface area contributed by atoms with E-state index in [1.807, 2.05) is 30.3 Å². The van der Waals surface area contributed by atoms with Gasteiger partial charge in [0, 0.05) is 17.3 Å². The Morgan fingerprint density at radius 2 is 1.83 bits per heavy atom. The molecule has 2 aromatic rings. The number of para-hydroxylation sites is 1. The van der Waals surface area contributed by atoms with Crippen LogP contribution in [-0.4, -0.2) is 26.0 Å². The molecule has 2 aliphatic rings. The van der Waals surface area contributed by atoms with E-state index in [9.17, 15) is 4.79 Å². The van der Waals surface area contributed by atoms with Crippen LogP contribution in [0.2, 0.25) is 0 Å². The Balaban J connectivity index is 1.90. The van der Waals surface area contributed by atoms with Crippen molar-refractivity contribution in [2.45, 2.75) is 24.8 Å². The SMILES string of the molecule is COc1cc2c(cc1OC)C(=O)[C@@]1(C2)c2ccccc2N[C@H]1C. The minimum atomic E-state index is -0.531. The standard InChI is InChI=1S/C19H19NO3/c1-11-19(14-6-4-5-7-15(14)20-11)10-12-8-16(22-2)17(23-3)9-13(12)18(19)21/h4-9,11,20H,10H2,1-3H3/t11-,19+/m0/s1. The molecule has 4 rings (SSSR count). The van der Waals surface area contributed by atoms with E-state index in [1.165, 1.54) is 0 Å². The summed E-state index contributed by atoms with van der Waals surface area (Å²) in [6.07, 6.45) is 0.687. The van der Waals surface area contributed by atoms with Gasteiger partial charge in [-0.05, 0) is 42.7 Å². The second kappa shape index (κ2) is 4.75. The number of Topliss-reactive ketones (excluding diaryl/α,β-unsaturated/α-hetero) is 1. The van der Waals surface area contributed by atoms with Gasteiger partial charge in [0.05, 0.1) is 19.6 Å². The second-order valence-electron chi connectivity index (χ2n) is 6.25. The van der Waals surface area contributed by atoms with E-state index in [-0.39, 0.29) is 11.8 Å². The summed E-state index contributed by atoms with van der Waals surface area (Å²) in [5.74, 6) is 1.44.